The predicted molar refractivity (Wildman–Crippen MR) is 65.5 cm³/mol. The summed E-state index contributed by atoms with van der Waals surface area (Å²) < 4.78 is -1.78. The van der Waals surface area contributed by atoms with Gasteiger partial charge in [0.05, 0.1) is 20.3 Å². The summed E-state index contributed by atoms with van der Waals surface area (Å²) >= 11 is -2.06. The monoisotopic (exact) mass is 675 g/mol. The first-order valence-electron chi connectivity index (χ1n) is 3.20. The first-order valence-corrected chi connectivity index (χ1v) is 5.24. The molecule has 26 heteroatoms. The Labute approximate surface area is 161 Å². The summed E-state index contributed by atoms with van der Waals surface area (Å²) in [6.45, 7) is 0. The fourth-order valence-corrected chi connectivity index (χ4v) is 0.345. The molecule has 0 aliphatic carbocycles. The molecular formula is H6N8O16PdPt. The third kappa shape index (κ3) is 10900. The van der Waals surface area contributed by atoms with Gasteiger partial charge in [-0.05, 0) is 0 Å². The van der Waals surface area contributed by atoms with Crippen LogP contribution in [0.25, 0.3) is 0 Å². The Morgan fingerprint density at radius 1 is 0.423 bits per heavy atom. The number of nitrogens with zero attached hydrogens (tertiary/aromatic N) is 6. The van der Waals surface area contributed by atoms with Crippen molar-refractivity contribution in [2.75, 3.05) is 0 Å². The van der Waals surface area contributed by atoms with Crippen molar-refractivity contribution >= 4 is 0 Å². The van der Waals surface area contributed by atoms with Gasteiger partial charge in [0, 0.05) is 0 Å². The molecule has 0 aliphatic rings. The van der Waals surface area contributed by atoms with Crippen molar-refractivity contribution in [1.29, 1.82) is 0 Å². The van der Waals surface area contributed by atoms with Gasteiger partial charge in [-0.25, -0.2) is 0 Å². The van der Waals surface area contributed by atoms with Crippen molar-refractivity contribution in [3.8, 4) is 0 Å². The molecule has 0 saturated carbocycles. The van der Waals surface area contributed by atoms with E-state index < -0.39 is 46.4 Å². The van der Waals surface area contributed by atoms with E-state index in [0.29, 0.717) is 0 Å². The number of hydrogen-bond donors (Lipinski definition) is 2. The average Bonchev–Trinajstić information content (AvgIpc) is 2.09. The van der Waals surface area contributed by atoms with Crippen molar-refractivity contribution in [3.05, 3.63) is 81.5 Å². The summed E-state index contributed by atoms with van der Waals surface area (Å²) in [4.78, 5) is 51.4. The Hall–Kier alpha value is -3.13. The van der Waals surface area contributed by atoms with Crippen molar-refractivity contribution in [1.82, 2.24) is 12.3 Å². The molecule has 162 valence electrons. The van der Waals surface area contributed by atoms with E-state index in [9.17, 15) is 20.2 Å². The van der Waals surface area contributed by atoms with Gasteiger partial charge in [0.1, 0.15) is 0 Å². The van der Waals surface area contributed by atoms with Gasteiger partial charge in [-0.3, -0.25) is 0 Å². The van der Waals surface area contributed by atoms with Gasteiger partial charge in [-0.2, -0.15) is 0 Å². The molecule has 6 N–H and O–H groups in total. The van der Waals surface area contributed by atoms with Crippen molar-refractivity contribution in [3.63, 3.8) is 0 Å². The average molecular weight is 676 g/mol. The molecule has 0 fully saturated rings. The number of hydrogen-bond acceptors (Lipinski definition) is 18. The van der Waals surface area contributed by atoms with Crippen LogP contribution in [-0.2, 0) is 39.5 Å². The van der Waals surface area contributed by atoms with Gasteiger partial charge in [-0.1, -0.05) is 0 Å². The van der Waals surface area contributed by atoms with Crippen LogP contribution in [0.5, 0.6) is 0 Å². The normalized spacial score (nSPS) is 6.00. The van der Waals surface area contributed by atoms with E-state index >= 15 is 0 Å². The van der Waals surface area contributed by atoms with Gasteiger partial charge < -0.3 is 73.6 Å². The van der Waals surface area contributed by atoms with E-state index in [-0.39, 0.29) is 32.7 Å². The van der Waals surface area contributed by atoms with Crippen LogP contribution in [0.4, 0.5) is 0 Å². The Kier molecular flexibility index (Phi) is 72.0. The minimum absolute atomic E-state index is 0. The third-order valence-electron chi connectivity index (χ3n) is 0.103. The number of rotatable bonds is 2. The molecule has 26 heavy (non-hydrogen) atoms. The van der Waals surface area contributed by atoms with Gasteiger partial charge >= 0.3 is 66.7 Å². The van der Waals surface area contributed by atoms with E-state index in [4.69, 9.17) is 61.3 Å². The number of nitro groups is 2. The summed E-state index contributed by atoms with van der Waals surface area (Å²) in [6, 6.07) is 0. The summed E-state index contributed by atoms with van der Waals surface area (Å²) in [7, 11) is 0. The second-order valence-electron chi connectivity index (χ2n) is 1.34. The van der Waals surface area contributed by atoms with Crippen molar-refractivity contribution < 1.29 is 66.8 Å². The SMILES string of the molecule is N.N.O=[N+]([O-])[O-].O=[N+]([O-])[O-].O=[N+]([O-])[O-].O=[N+]([O-])[O-].O=[N+]([O-])[Pt+2][N+](=O)[O-].[Pd+2]. The van der Waals surface area contributed by atoms with Crippen molar-refractivity contribution in [2.24, 2.45) is 0 Å². The molecule has 0 spiro atoms. The molecule has 0 heterocycles. The molecule has 0 unspecified atom stereocenters. The second-order valence-corrected chi connectivity index (χ2v) is 3.45. The molecule has 0 aromatic heterocycles. The molecule has 0 radical (unpaired) electrons. The molecule has 0 amide bonds. The molecule has 24 nitrogen and oxygen atoms in total. The Morgan fingerprint density at radius 2 is 0.500 bits per heavy atom. The molecule has 0 aliphatic heterocycles. The van der Waals surface area contributed by atoms with Gasteiger partial charge in [0.15, 0.2) is 0 Å². The van der Waals surface area contributed by atoms with Crippen LogP contribution in [0.15, 0.2) is 0 Å². The van der Waals surface area contributed by atoms with Crippen molar-refractivity contribution in [2.45, 2.75) is 0 Å². The van der Waals surface area contributed by atoms with Crippen LogP contribution >= 0.6 is 0 Å². The quantitative estimate of drug-likeness (QED) is 0.197. The maximum atomic E-state index is 9.22. The predicted octanol–water partition coefficient (Wildman–Crippen LogP) is -1.18. The Bertz CT molecular complexity index is 320. The first kappa shape index (κ1) is 49.5. The standard InChI is InChI=1S/4NO3.2NO2.2H3N.Pd.Pt/c4*2-1(3)4;2*2-1-3;;;;/h;;;;;;2*1H3;;/q4*-1;;;;;2*+2. The fourth-order valence-electron chi connectivity index (χ4n) is 0.0422. The minimum atomic E-state index is -2.06. The molecule has 0 atom stereocenters. The van der Waals surface area contributed by atoms with Crippen LogP contribution in [0, 0.1) is 81.5 Å². The van der Waals surface area contributed by atoms with Crippen LogP contribution in [-0.4, -0.2) is 27.3 Å². The molecule has 0 saturated heterocycles. The van der Waals surface area contributed by atoms with Crippen LogP contribution in [0.1, 0.15) is 0 Å². The maximum Gasteiger partial charge on any atom is 2.00 e. The zero-order valence-electron chi connectivity index (χ0n) is 11.3. The third-order valence-corrected chi connectivity index (χ3v) is 0.845. The summed E-state index contributed by atoms with van der Waals surface area (Å²) in [5.41, 5.74) is 0. The van der Waals surface area contributed by atoms with Crippen LogP contribution in [0.2, 0.25) is 0 Å². The summed E-state index contributed by atoms with van der Waals surface area (Å²) in [5, 5.41) is 77.4. The molecule has 0 aromatic carbocycles. The van der Waals surface area contributed by atoms with E-state index in [0.717, 1.165) is 0 Å². The summed E-state index contributed by atoms with van der Waals surface area (Å²) in [5.74, 6) is 0. The van der Waals surface area contributed by atoms with Gasteiger partial charge in [-0.15, -0.1) is 0 Å². The molecule has 0 aromatic rings. The first-order chi connectivity index (χ1) is 10.1. The fraction of sp³-hybridized carbons (Fsp3) is 0. The van der Waals surface area contributed by atoms with Gasteiger partial charge in [0.25, 0.3) is 0 Å². The van der Waals surface area contributed by atoms with E-state index in [1.165, 1.54) is 0 Å². The van der Waals surface area contributed by atoms with Crippen LogP contribution in [0.3, 0.4) is 0 Å². The van der Waals surface area contributed by atoms with Crippen LogP contribution < -0.4 is 12.3 Å². The molecular weight excluding hydrogens is 670 g/mol. The molecule has 0 bridgehead atoms. The Morgan fingerprint density at radius 3 is 0.500 bits per heavy atom. The smallest absolute Gasteiger partial charge is 2.00 e. The minimum Gasteiger partial charge on any atom is 2.00 e. The van der Waals surface area contributed by atoms with E-state index in [1.807, 2.05) is 0 Å². The summed E-state index contributed by atoms with van der Waals surface area (Å²) in [6.07, 6.45) is 0. The molecule has 0 rings (SSSR count). The van der Waals surface area contributed by atoms with Gasteiger partial charge in [0.2, 0.25) is 0 Å². The zero-order chi connectivity index (χ0) is 20.2. The second kappa shape index (κ2) is 37.8. The Balaban J connectivity index is -0.0000000258. The van der Waals surface area contributed by atoms with E-state index in [2.05, 4.69) is 0 Å². The van der Waals surface area contributed by atoms with E-state index in [1.54, 1.807) is 0 Å². The topological polar surface area (TPSA) is 421 Å². The largest absolute Gasteiger partial charge is 2.00 e. The zero-order valence-corrected chi connectivity index (χ0v) is 15.1. The maximum absolute atomic E-state index is 9.22.